The van der Waals surface area contributed by atoms with Crippen molar-refractivity contribution in [3.63, 3.8) is 0 Å². The lowest BCUT2D eigenvalue weighted by molar-refractivity contribution is -0.112. The van der Waals surface area contributed by atoms with Crippen molar-refractivity contribution in [3.8, 4) is 0 Å². The molecule has 368 valence electrons. The molecule has 0 atom stereocenters. The molecular formula is C61H124. The molecule has 61 heavy (non-hydrogen) atoms. The molecule has 0 nitrogen and oxygen atoms in total. The van der Waals surface area contributed by atoms with Gasteiger partial charge in [0.15, 0.2) is 0 Å². The number of unbranched alkanes of at least 4 members (excludes halogenated alkanes) is 39. The first-order valence-electron chi connectivity index (χ1n) is 29.9. The SMILES string of the molecule is CCCCCCCCCCCCC(CCCCCCCCCCC)(CCCCCCCCCCC)C(CCCCCCCCCC)(CCCCCCCCCC)C(C)(C)CC. The predicted molar refractivity (Wildman–Crippen MR) is 284 cm³/mol. The van der Waals surface area contributed by atoms with E-state index in [9.17, 15) is 0 Å². The predicted octanol–water partition coefficient (Wildman–Crippen LogP) is 23.6. The maximum Gasteiger partial charge on any atom is -0.0190 e. The zero-order valence-corrected chi connectivity index (χ0v) is 44.9. The largest absolute Gasteiger partial charge is 0.0654 e. The van der Waals surface area contributed by atoms with E-state index in [1.165, 1.54) is 321 Å². The topological polar surface area (TPSA) is 0 Å². The van der Waals surface area contributed by atoms with Gasteiger partial charge < -0.3 is 0 Å². The lowest BCUT2D eigenvalue weighted by atomic mass is 9.44. The molecular weight excluding hydrogens is 733 g/mol. The fourth-order valence-electron chi connectivity index (χ4n) is 12.1. The Kier molecular flexibility index (Phi) is 45.2. The monoisotopic (exact) mass is 857 g/mol. The molecule has 0 aromatic rings. The van der Waals surface area contributed by atoms with Crippen LogP contribution in [0.3, 0.4) is 0 Å². The maximum atomic E-state index is 2.81. The normalized spacial score (nSPS) is 12.6. The van der Waals surface area contributed by atoms with E-state index in [1.807, 2.05) is 0 Å². The molecule has 0 aromatic carbocycles. The number of hydrogen-bond donors (Lipinski definition) is 0. The van der Waals surface area contributed by atoms with Gasteiger partial charge in [-0.1, -0.05) is 344 Å². The second-order valence-electron chi connectivity index (χ2n) is 22.1. The Balaban J connectivity index is 6.57. The van der Waals surface area contributed by atoms with Crippen LogP contribution in [-0.2, 0) is 0 Å². The van der Waals surface area contributed by atoms with Crippen molar-refractivity contribution in [1.82, 2.24) is 0 Å². The smallest absolute Gasteiger partial charge is 0.0190 e. The summed E-state index contributed by atoms with van der Waals surface area (Å²) in [7, 11) is 0. The molecule has 0 aliphatic heterocycles. The Morgan fingerprint density at radius 3 is 0.541 bits per heavy atom. The maximum absolute atomic E-state index is 2.81. The summed E-state index contributed by atoms with van der Waals surface area (Å²) in [5.41, 5.74) is 1.38. The highest BCUT2D eigenvalue weighted by Gasteiger charge is 2.55. The summed E-state index contributed by atoms with van der Waals surface area (Å²) in [5, 5.41) is 0. The van der Waals surface area contributed by atoms with Gasteiger partial charge in [0.25, 0.3) is 0 Å². The minimum absolute atomic E-state index is 0.395. The van der Waals surface area contributed by atoms with Gasteiger partial charge in [-0.3, -0.25) is 0 Å². The van der Waals surface area contributed by atoms with Crippen LogP contribution < -0.4 is 0 Å². The van der Waals surface area contributed by atoms with Crippen LogP contribution in [0.5, 0.6) is 0 Å². The second kappa shape index (κ2) is 45.2. The Morgan fingerprint density at radius 1 is 0.197 bits per heavy atom. The minimum Gasteiger partial charge on any atom is -0.0654 e. The summed E-state index contributed by atoms with van der Waals surface area (Å²) in [6.45, 7) is 20.0. The van der Waals surface area contributed by atoms with Crippen LogP contribution in [0.4, 0.5) is 0 Å². The van der Waals surface area contributed by atoms with Gasteiger partial charge in [0, 0.05) is 0 Å². The minimum atomic E-state index is 0.395. The molecule has 0 N–H and O–H groups in total. The average Bonchev–Trinajstić information content (AvgIpc) is 3.26. The first kappa shape index (κ1) is 61.0. The Bertz CT molecular complexity index is 778. The molecule has 0 bridgehead atoms. The first-order valence-corrected chi connectivity index (χ1v) is 29.9. The second-order valence-corrected chi connectivity index (χ2v) is 22.1. The van der Waals surface area contributed by atoms with Crippen LogP contribution in [-0.4, -0.2) is 0 Å². The zero-order valence-electron chi connectivity index (χ0n) is 44.9. The summed E-state index contributed by atoms with van der Waals surface area (Å²) in [4.78, 5) is 0. The highest BCUT2D eigenvalue weighted by molar-refractivity contribution is 5.05. The van der Waals surface area contributed by atoms with Crippen molar-refractivity contribution < 1.29 is 0 Å². The van der Waals surface area contributed by atoms with Gasteiger partial charge in [-0.2, -0.15) is 0 Å². The third-order valence-electron chi connectivity index (χ3n) is 16.6. The third kappa shape index (κ3) is 31.5. The Morgan fingerprint density at radius 2 is 0.361 bits per heavy atom. The van der Waals surface area contributed by atoms with Gasteiger partial charge in [0.2, 0.25) is 0 Å². The van der Waals surface area contributed by atoms with E-state index in [0.29, 0.717) is 16.2 Å². The van der Waals surface area contributed by atoms with Crippen molar-refractivity contribution in [1.29, 1.82) is 0 Å². The first-order chi connectivity index (χ1) is 29.9. The molecule has 0 fully saturated rings. The molecule has 0 aromatic heterocycles. The molecule has 0 spiro atoms. The van der Waals surface area contributed by atoms with Crippen molar-refractivity contribution in [2.75, 3.05) is 0 Å². The van der Waals surface area contributed by atoms with Gasteiger partial charge in [0.1, 0.15) is 0 Å². The van der Waals surface area contributed by atoms with E-state index >= 15 is 0 Å². The summed E-state index contributed by atoms with van der Waals surface area (Å²) < 4.78 is 0. The van der Waals surface area contributed by atoms with Gasteiger partial charge in [-0.25, -0.2) is 0 Å². The van der Waals surface area contributed by atoms with Gasteiger partial charge in [-0.05, 0) is 48.3 Å². The average molecular weight is 858 g/mol. The van der Waals surface area contributed by atoms with Crippen LogP contribution in [0.15, 0.2) is 0 Å². The van der Waals surface area contributed by atoms with E-state index < -0.39 is 0 Å². The van der Waals surface area contributed by atoms with E-state index in [0.717, 1.165) is 0 Å². The van der Waals surface area contributed by atoms with Crippen LogP contribution >= 0.6 is 0 Å². The van der Waals surface area contributed by atoms with Crippen LogP contribution in [0.2, 0.25) is 0 Å². The zero-order chi connectivity index (χ0) is 44.9. The molecule has 0 aliphatic carbocycles. The summed E-state index contributed by atoms with van der Waals surface area (Å²) in [6.07, 6.45) is 73.3. The highest BCUT2D eigenvalue weighted by Crippen LogP contribution is 2.65. The molecule has 0 amide bonds. The highest BCUT2D eigenvalue weighted by atomic mass is 14.6. The van der Waals surface area contributed by atoms with Crippen LogP contribution in [0.1, 0.15) is 376 Å². The van der Waals surface area contributed by atoms with E-state index in [4.69, 9.17) is 0 Å². The molecule has 0 rings (SSSR count). The van der Waals surface area contributed by atoms with E-state index in [1.54, 1.807) is 0 Å². The van der Waals surface area contributed by atoms with Crippen LogP contribution in [0.25, 0.3) is 0 Å². The number of rotatable bonds is 52. The standard InChI is InChI=1S/C61H124/c1-9-15-20-25-30-35-38-41-46-51-56-60(54-49-44-39-36-31-26-21-16-10-2,55-50-45-40-37-32-27-22-17-11-3)61(59(7,8)14-6,57-52-47-42-33-28-23-18-12-4)58-53-48-43-34-29-24-19-13-5/h9-58H2,1-8H3. The summed E-state index contributed by atoms with van der Waals surface area (Å²) in [6, 6.07) is 0. The van der Waals surface area contributed by atoms with E-state index in [-0.39, 0.29) is 0 Å². The molecule has 0 saturated carbocycles. The molecule has 0 radical (unpaired) electrons. The van der Waals surface area contributed by atoms with Gasteiger partial charge in [-0.15, -0.1) is 0 Å². The molecule has 0 saturated heterocycles. The van der Waals surface area contributed by atoms with Crippen molar-refractivity contribution in [2.24, 2.45) is 16.2 Å². The molecule has 0 heteroatoms. The lowest BCUT2D eigenvalue weighted by Crippen LogP contribution is -2.52. The van der Waals surface area contributed by atoms with Gasteiger partial charge >= 0.3 is 0 Å². The third-order valence-corrected chi connectivity index (χ3v) is 16.6. The van der Waals surface area contributed by atoms with Crippen molar-refractivity contribution in [2.45, 2.75) is 376 Å². The van der Waals surface area contributed by atoms with Gasteiger partial charge in [0.05, 0.1) is 0 Å². The van der Waals surface area contributed by atoms with Crippen LogP contribution in [0, 0.1) is 16.2 Å². The summed E-state index contributed by atoms with van der Waals surface area (Å²) >= 11 is 0. The fourth-order valence-corrected chi connectivity index (χ4v) is 12.1. The fraction of sp³-hybridized carbons (Fsp3) is 1.00. The molecule has 0 aliphatic rings. The van der Waals surface area contributed by atoms with E-state index in [2.05, 4.69) is 55.4 Å². The quantitative estimate of drug-likeness (QED) is 0.0535. The summed E-state index contributed by atoms with van der Waals surface area (Å²) in [5.74, 6) is 0. The molecule has 0 heterocycles. The van der Waals surface area contributed by atoms with Crippen molar-refractivity contribution in [3.05, 3.63) is 0 Å². The lowest BCUT2D eigenvalue weighted by Gasteiger charge is -2.61. The Labute approximate surface area is 391 Å². The Hall–Kier alpha value is 0. The number of hydrogen-bond acceptors (Lipinski definition) is 0. The molecule has 0 unspecified atom stereocenters. The van der Waals surface area contributed by atoms with Crippen molar-refractivity contribution >= 4 is 0 Å².